The third kappa shape index (κ3) is 5.67. The molecule has 1 heterocycles. The van der Waals surface area contributed by atoms with Crippen LogP contribution in [0.2, 0.25) is 0 Å². The first-order chi connectivity index (χ1) is 16.1. The van der Waals surface area contributed by atoms with Crippen LogP contribution < -0.4 is 10.6 Å². The number of hydrogen-bond acceptors (Lipinski definition) is 5. The summed E-state index contributed by atoms with van der Waals surface area (Å²) in [6.07, 6.45) is 0. The molecule has 8 heteroatoms. The number of nitrogens with one attached hydrogen (secondary N) is 2. The largest absolute Gasteiger partial charge is 0.348 e. The Balaban J connectivity index is 1.39. The highest BCUT2D eigenvalue weighted by Crippen LogP contribution is 2.22. The maximum absolute atomic E-state index is 12.7. The highest BCUT2D eigenvalue weighted by molar-refractivity contribution is 7.99. The van der Waals surface area contributed by atoms with Crippen molar-refractivity contribution in [3.63, 3.8) is 0 Å². The van der Waals surface area contributed by atoms with Crippen LogP contribution in [0.25, 0.3) is 5.69 Å². The summed E-state index contributed by atoms with van der Waals surface area (Å²) in [5.74, 6) is 0.389. The lowest BCUT2D eigenvalue weighted by atomic mass is 10.1. The maximum atomic E-state index is 12.7. The van der Waals surface area contributed by atoms with E-state index >= 15 is 0 Å². The predicted molar refractivity (Wildman–Crippen MR) is 130 cm³/mol. The summed E-state index contributed by atoms with van der Waals surface area (Å²) in [5, 5.41) is 14.7. The van der Waals surface area contributed by atoms with E-state index < -0.39 is 0 Å². The molecule has 0 saturated carbocycles. The molecular weight excluding hydrogens is 434 g/mol. The van der Waals surface area contributed by atoms with Gasteiger partial charge < -0.3 is 10.6 Å². The zero-order chi connectivity index (χ0) is 23.0. The number of thioether (sulfide) groups is 1. The standard InChI is InChI=1S/C25H23N5O2S/c1-18-28-29-25(30(18)20-12-6-3-7-13-20)33-17-23(31)27-22-15-9-8-14-21(22)24(32)26-16-19-10-4-2-5-11-19/h2-15H,16-17H2,1H3,(H,26,32)(H,27,31). The van der Waals surface area contributed by atoms with Crippen LogP contribution in [0.1, 0.15) is 21.7 Å². The molecule has 3 aromatic carbocycles. The Morgan fingerprint density at radius 3 is 2.30 bits per heavy atom. The number of carbonyl (C=O) groups excluding carboxylic acids is 2. The van der Waals surface area contributed by atoms with Crippen molar-refractivity contribution >= 4 is 29.3 Å². The van der Waals surface area contributed by atoms with Crippen molar-refractivity contribution in [3.8, 4) is 5.69 Å². The molecule has 0 aliphatic rings. The lowest BCUT2D eigenvalue weighted by Crippen LogP contribution is -2.25. The summed E-state index contributed by atoms with van der Waals surface area (Å²) in [6, 6.07) is 26.4. The van der Waals surface area contributed by atoms with E-state index in [1.165, 1.54) is 11.8 Å². The van der Waals surface area contributed by atoms with Gasteiger partial charge in [0.25, 0.3) is 5.91 Å². The Morgan fingerprint density at radius 1 is 0.879 bits per heavy atom. The molecule has 0 radical (unpaired) electrons. The van der Waals surface area contributed by atoms with Crippen molar-refractivity contribution in [2.75, 3.05) is 11.1 Å². The maximum Gasteiger partial charge on any atom is 0.253 e. The monoisotopic (exact) mass is 457 g/mol. The Hall–Kier alpha value is -3.91. The molecule has 0 saturated heterocycles. The molecule has 0 aliphatic carbocycles. The predicted octanol–water partition coefficient (Wildman–Crippen LogP) is 4.24. The topological polar surface area (TPSA) is 88.9 Å². The average molecular weight is 458 g/mol. The quantitative estimate of drug-likeness (QED) is 0.387. The third-order valence-electron chi connectivity index (χ3n) is 4.88. The zero-order valence-corrected chi connectivity index (χ0v) is 18.9. The van der Waals surface area contributed by atoms with Crippen LogP contribution in [-0.4, -0.2) is 32.3 Å². The van der Waals surface area contributed by atoms with Gasteiger partial charge in [0.2, 0.25) is 5.91 Å². The summed E-state index contributed by atoms with van der Waals surface area (Å²) in [6.45, 7) is 2.28. The number of amides is 2. The Bertz CT molecular complexity index is 1240. The number of para-hydroxylation sites is 2. The average Bonchev–Trinajstić information content (AvgIpc) is 3.23. The number of carbonyl (C=O) groups is 2. The molecule has 33 heavy (non-hydrogen) atoms. The number of anilines is 1. The lowest BCUT2D eigenvalue weighted by Gasteiger charge is -2.12. The van der Waals surface area contributed by atoms with E-state index in [1.807, 2.05) is 72.2 Å². The van der Waals surface area contributed by atoms with Gasteiger partial charge in [0.15, 0.2) is 5.16 Å². The van der Waals surface area contributed by atoms with Crippen molar-refractivity contribution < 1.29 is 9.59 Å². The van der Waals surface area contributed by atoms with Crippen LogP contribution in [0.4, 0.5) is 5.69 Å². The molecule has 4 rings (SSSR count). The molecule has 2 amide bonds. The van der Waals surface area contributed by atoms with Crippen molar-refractivity contribution in [2.45, 2.75) is 18.6 Å². The second-order valence-corrected chi connectivity index (χ2v) is 8.19. The van der Waals surface area contributed by atoms with Gasteiger partial charge in [-0.2, -0.15) is 0 Å². The molecule has 2 N–H and O–H groups in total. The van der Waals surface area contributed by atoms with Crippen molar-refractivity contribution in [3.05, 3.63) is 102 Å². The summed E-state index contributed by atoms with van der Waals surface area (Å²) in [7, 11) is 0. The van der Waals surface area contributed by atoms with Gasteiger partial charge in [-0.05, 0) is 36.8 Å². The summed E-state index contributed by atoms with van der Waals surface area (Å²) < 4.78 is 1.91. The van der Waals surface area contributed by atoms with E-state index in [9.17, 15) is 9.59 Å². The van der Waals surface area contributed by atoms with Crippen LogP contribution in [0.3, 0.4) is 0 Å². The molecule has 0 spiro atoms. The van der Waals surface area contributed by atoms with Crippen LogP contribution in [-0.2, 0) is 11.3 Å². The number of aromatic nitrogens is 3. The second kappa shape index (κ2) is 10.6. The van der Waals surface area contributed by atoms with Crippen LogP contribution >= 0.6 is 11.8 Å². The van der Waals surface area contributed by atoms with Crippen LogP contribution in [0.5, 0.6) is 0 Å². The number of aryl methyl sites for hydroxylation is 1. The molecule has 0 bridgehead atoms. The van der Waals surface area contributed by atoms with Gasteiger partial charge in [-0.25, -0.2) is 0 Å². The third-order valence-corrected chi connectivity index (χ3v) is 5.81. The molecule has 0 aliphatic heterocycles. The lowest BCUT2D eigenvalue weighted by molar-refractivity contribution is -0.113. The van der Waals surface area contributed by atoms with Crippen molar-refractivity contribution in [2.24, 2.45) is 0 Å². The number of hydrogen-bond donors (Lipinski definition) is 2. The first kappa shape index (κ1) is 22.3. The van der Waals surface area contributed by atoms with Crippen molar-refractivity contribution in [1.82, 2.24) is 20.1 Å². The molecule has 4 aromatic rings. The van der Waals surface area contributed by atoms with Crippen molar-refractivity contribution in [1.29, 1.82) is 0 Å². The van der Waals surface area contributed by atoms with E-state index in [0.717, 1.165) is 17.1 Å². The van der Waals surface area contributed by atoms with Gasteiger partial charge >= 0.3 is 0 Å². The second-order valence-electron chi connectivity index (χ2n) is 7.25. The molecule has 7 nitrogen and oxygen atoms in total. The minimum Gasteiger partial charge on any atom is -0.348 e. The fraction of sp³-hybridized carbons (Fsp3) is 0.120. The zero-order valence-electron chi connectivity index (χ0n) is 18.1. The van der Waals surface area contributed by atoms with E-state index in [2.05, 4.69) is 20.8 Å². The highest BCUT2D eigenvalue weighted by atomic mass is 32.2. The van der Waals surface area contributed by atoms with Gasteiger partial charge in [-0.3, -0.25) is 14.2 Å². The summed E-state index contributed by atoms with van der Waals surface area (Å²) in [5.41, 5.74) is 2.81. The molecular formula is C25H23N5O2S. The number of rotatable bonds is 8. The van der Waals surface area contributed by atoms with E-state index in [0.29, 0.717) is 23.0 Å². The Labute approximate surface area is 196 Å². The Kier molecular flexibility index (Phi) is 7.16. The minimum atomic E-state index is -0.248. The van der Waals surface area contributed by atoms with Gasteiger partial charge in [0.1, 0.15) is 5.82 Å². The van der Waals surface area contributed by atoms with E-state index in [-0.39, 0.29) is 17.6 Å². The smallest absolute Gasteiger partial charge is 0.253 e. The molecule has 166 valence electrons. The van der Waals surface area contributed by atoms with E-state index in [1.54, 1.807) is 24.3 Å². The summed E-state index contributed by atoms with van der Waals surface area (Å²) >= 11 is 1.29. The first-order valence-corrected chi connectivity index (χ1v) is 11.4. The SMILES string of the molecule is Cc1nnc(SCC(=O)Nc2ccccc2C(=O)NCc2ccccc2)n1-c1ccccc1. The molecule has 0 fully saturated rings. The normalized spacial score (nSPS) is 10.6. The first-order valence-electron chi connectivity index (χ1n) is 10.4. The van der Waals surface area contributed by atoms with Gasteiger partial charge in [0, 0.05) is 12.2 Å². The fourth-order valence-corrected chi connectivity index (χ4v) is 4.09. The number of benzene rings is 3. The molecule has 0 atom stereocenters. The fourth-order valence-electron chi connectivity index (χ4n) is 3.29. The molecule has 0 unspecified atom stereocenters. The van der Waals surface area contributed by atoms with Crippen LogP contribution in [0.15, 0.2) is 90.1 Å². The summed E-state index contributed by atoms with van der Waals surface area (Å²) in [4.78, 5) is 25.4. The number of nitrogens with zero attached hydrogens (tertiary/aromatic N) is 3. The van der Waals surface area contributed by atoms with Gasteiger partial charge in [-0.1, -0.05) is 72.4 Å². The molecule has 1 aromatic heterocycles. The van der Waals surface area contributed by atoms with Gasteiger partial charge in [0.05, 0.1) is 17.0 Å². The van der Waals surface area contributed by atoms with Gasteiger partial charge in [-0.15, -0.1) is 10.2 Å². The van der Waals surface area contributed by atoms with Crippen LogP contribution in [0, 0.1) is 6.92 Å². The Morgan fingerprint density at radius 2 is 1.55 bits per heavy atom. The highest BCUT2D eigenvalue weighted by Gasteiger charge is 2.16. The minimum absolute atomic E-state index is 0.130. The van der Waals surface area contributed by atoms with E-state index in [4.69, 9.17) is 0 Å².